The van der Waals surface area contributed by atoms with Crippen molar-refractivity contribution in [1.82, 2.24) is 4.90 Å². The lowest BCUT2D eigenvalue weighted by molar-refractivity contribution is -0.122. The minimum atomic E-state index is -1.000. The number of hydrogen-bond acceptors (Lipinski definition) is 6. The summed E-state index contributed by atoms with van der Waals surface area (Å²) in [6.07, 6.45) is 1.78. The fourth-order valence-electron chi connectivity index (χ4n) is 2.78. The maximum Gasteiger partial charge on any atom is 0.335 e. The monoisotopic (exact) mass is 490 g/mol. The molecule has 0 aliphatic carbocycles. The average molecular weight is 491 g/mol. The first-order valence-electron chi connectivity index (χ1n) is 8.93. The third kappa shape index (κ3) is 4.52. The molecule has 0 radical (unpaired) electrons. The second kappa shape index (κ2) is 9.36. The van der Waals surface area contributed by atoms with E-state index in [2.05, 4.69) is 20.9 Å². The summed E-state index contributed by atoms with van der Waals surface area (Å²) in [5.74, 6) is -0.00691. The third-order valence-corrected chi connectivity index (χ3v) is 6.03. The lowest BCUT2D eigenvalue weighted by Crippen LogP contribution is -2.28. The van der Waals surface area contributed by atoms with E-state index in [1.165, 1.54) is 23.9 Å². The highest BCUT2D eigenvalue weighted by atomic mass is 79.9. The Labute approximate surface area is 186 Å². The Hall–Kier alpha value is -2.78. The number of ether oxygens (including phenoxy) is 2. The Morgan fingerprint density at radius 2 is 1.83 bits per heavy atom. The van der Waals surface area contributed by atoms with Gasteiger partial charge in [-0.2, -0.15) is 0 Å². The van der Waals surface area contributed by atoms with Crippen molar-refractivity contribution in [3.8, 4) is 11.5 Å². The van der Waals surface area contributed by atoms with Crippen LogP contribution in [-0.2, 0) is 4.79 Å². The van der Waals surface area contributed by atoms with Crippen LogP contribution in [0.3, 0.4) is 0 Å². The Balaban J connectivity index is 1.95. The minimum Gasteiger partial charge on any atom is -0.493 e. The molecule has 0 saturated carbocycles. The number of carbonyl (C=O) groups excluding carboxylic acids is 1. The van der Waals surface area contributed by atoms with Crippen LogP contribution in [0.25, 0.3) is 6.08 Å². The molecule has 7 nitrogen and oxygen atoms in total. The van der Waals surface area contributed by atoms with E-state index in [4.69, 9.17) is 14.6 Å². The van der Waals surface area contributed by atoms with E-state index in [9.17, 15) is 9.59 Å². The first kappa shape index (κ1) is 21.9. The number of aromatic carboxylic acids is 1. The van der Waals surface area contributed by atoms with Crippen LogP contribution in [0.4, 0.5) is 5.69 Å². The van der Waals surface area contributed by atoms with Crippen LogP contribution in [-0.4, -0.2) is 47.8 Å². The average Bonchev–Trinajstić information content (AvgIpc) is 3.03. The van der Waals surface area contributed by atoms with Crippen LogP contribution in [0.2, 0.25) is 0 Å². The number of halogens is 1. The topological polar surface area (TPSA) is 88.4 Å². The lowest BCUT2D eigenvalue weighted by atomic mass is 10.2. The second-order valence-corrected chi connectivity index (χ2v) is 8.00. The molecule has 2 aromatic rings. The maximum atomic E-state index is 12.9. The summed E-state index contributed by atoms with van der Waals surface area (Å²) >= 11 is 4.77. The van der Waals surface area contributed by atoms with Crippen molar-refractivity contribution in [2.24, 2.45) is 4.99 Å². The fourth-order valence-corrected chi connectivity index (χ4v) is 4.27. The molecule has 1 fully saturated rings. The van der Waals surface area contributed by atoms with Gasteiger partial charge in [-0.25, -0.2) is 9.79 Å². The van der Waals surface area contributed by atoms with Crippen molar-refractivity contribution >= 4 is 56.5 Å². The highest BCUT2D eigenvalue weighted by molar-refractivity contribution is 9.10. The molecule has 0 aromatic heterocycles. The molecule has 1 aliphatic heterocycles. The molecule has 1 saturated heterocycles. The molecular formula is C21H19BrN2O5S. The van der Waals surface area contributed by atoms with Gasteiger partial charge in [0.2, 0.25) is 0 Å². The van der Waals surface area contributed by atoms with Gasteiger partial charge in [0.05, 0.1) is 30.4 Å². The van der Waals surface area contributed by atoms with Gasteiger partial charge in [0.15, 0.2) is 16.7 Å². The molecule has 0 bridgehead atoms. The third-order valence-electron chi connectivity index (χ3n) is 4.33. The summed E-state index contributed by atoms with van der Waals surface area (Å²) < 4.78 is 11.4. The highest BCUT2D eigenvalue weighted by Crippen LogP contribution is 2.38. The zero-order chi connectivity index (χ0) is 21.8. The van der Waals surface area contributed by atoms with Gasteiger partial charge in [0.25, 0.3) is 5.91 Å². The van der Waals surface area contributed by atoms with Crippen molar-refractivity contribution in [1.29, 1.82) is 0 Å². The first-order chi connectivity index (χ1) is 14.4. The van der Waals surface area contributed by atoms with E-state index in [0.717, 1.165) is 10.0 Å². The maximum absolute atomic E-state index is 12.9. The van der Waals surface area contributed by atoms with Crippen LogP contribution in [0, 0.1) is 0 Å². The zero-order valence-electron chi connectivity index (χ0n) is 16.5. The van der Waals surface area contributed by atoms with Gasteiger partial charge in [-0.3, -0.25) is 9.69 Å². The van der Waals surface area contributed by atoms with Crippen LogP contribution in [0.5, 0.6) is 11.5 Å². The molecule has 1 N–H and O–H groups in total. The van der Waals surface area contributed by atoms with Crippen molar-refractivity contribution in [3.63, 3.8) is 0 Å². The van der Waals surface area contributed by atoms with Gasteiger partial charge >= 0.3 is 5.97 Å². The smallest absolute Gasteiger partial charge is 0.335 e. The van der Waals surface area contributed by atoms with Gasteiger partial charge in [0.1, 0.15) is 0 Å². The largest absolute Gasteiger partial charge is 0.493 e. The van der Waals surface area contributed by atoms with Crippen molar-refractivity contribution < 1.29 is 24.2 Å². The molecule has 30 heavy (non-hydrogen) atoms. The van der Waals surface area contributed by atoms with Gasteiger partial charge in [-0.15, -0.1) is 0 Å². The van der Waals surface area contributed by atoms with Crippen molar-refractivity contribution in [2.75, 3.05) is 20.8 Å². The number of carboxylic acids is 1. The molecule has 9 heteroatoms. The summed E-state index contributed by atoms with van der Waals surface area (Å²) in [5, 5.41) is 9.56. The summed E-state index contributed by atoms with van der Waals surface area (Å²) in [5.41, 5.74) is 1.52. The number of methoxy groups -OCH3 is 2. The number of nitrogens with zero attached hydrogens (tertiary/aromatic N) is 2. The molecule has 0 spiro atoms. The molecule has 1 heterocycles. The number of carbonyl (C=O) groups is 2. The van der Waals surface area contributed by atoms with Gasteiger partial charge < -0.3 is 14.6 Å². The summed E-state index contributed by atoms with van der Waals surface area (Å²) in [4.78, 5) is 30.5. The molecule has 2 aromatic carbocycles. The molecule has 1 amide bonds. The molecule has 0 atom stereocenters. The Bertz CT molecular complexity index is 1050. The molecule has 1 aliphatic rings. The van der Waals surface area contributed by atoms with E-state index < -0.39 is 5.97 Å². The molecular weight excluding hydrogens is 472 g/mol. The Morgan fingerprint density at radius 1 is 1.20 bits per heavy atom. The highest BCUT2D eigenvalue weighted by Gasteiger charge is 2.32. The van der Waals surface area contributed by atoms with E-state index in [1.54, 1.807) is 49.5 Å². The van der Waals surface area contributed by atoms with Gasteiger partial charge in [-0.05, 0) is 66.7 Å². The van der Waals surface area contributed by atoms with Crippen LogP contribution in [0.15, 0.2) is 50.8 Å². The molecule has 0 unspecified atom stereocenters. The summed E-state index contributed by atoms with van der Waals surface area (Å²) in [7, 11) is 3.11. The van der Waals surface area contributed by atoms with E-state index in [0.29, 0.717) is 33.8 Å². The number of amides is 1. The molecule has 3 rings (SSSR count). The zero-order valence-corrected chi connectivity index (χ0v) is 18.9. The predicted octanol–water partition coefficient (Wildman–Crippen LogP) is 4.79. The van der Waals surface area contributed by atoms with E-state index >= 15 is 0 Å². The number of aliphatic imine (C=N–C) groups is 1. The summed E-state index contributed by atoms with van der Waals surface area (Å²) in [6.45, 7) is 2.33. The fraction of sp³-hybridized carbons (Fsp3) is 0.190. The van der Waals surface area contributed by atoms with Crippen LogP contribution >= 0.6 is 27.7 Å². The van der Waals surface area contributed by atoms with Crippen molar-refractivity contribution in [2.45, 2.75) is 6.92 Å². The standard InChI is InChI=1S/C21H19BrN2O5S/c1-4-24-19(25)18(10-13-9-16(28-2)17(29-3)11-15(13)22)30-21(24)23-14-7-5-12(6-8-14)20(26)27/h5-11H,4H2,1-3H3,(H,26,27)/b18-10-,23-21?. The second-order valence-electron chi connectivity index (χ2n) is 6.14. The predicted molar refractivity (Wildman–Crippen MR) is 121 cm³/mol. The number of likely N-dealkylation sites (N-methyl/N-ethyl adjacent to an activating group) is 1. The quantitative estimate of drug-likeness (QED) is 0.585. The van der Waals surface area contributed by atoms with Crippen LogP contribution in [0.1, 0.15) is 22.8 Å². The number of hydrogen-bond donors (Lipinski definition) is 1. The Morgan fingerprint density at radius 3 is 2.40 bits per heavy atom. The number of benzene rings is 2. The van der Waals surface area contributed by atoms with E-state index in [-0.39, 0.29) is 11.5 Å². The van der Waals surface area contributed by atoms with Crippen molar-refractivity contribution in [3.05, 3.63) is 56.9 Å². The Kier molecular flexibility index (Phi) is 6.84. The molecule has 156 valence electrons. The van der Waals surface area contributed by atoms with Gasteiger partial charge in [0, 0.05) is 11.0 Å². The number of carboxylic acid groups (broad SMARTS) is 1. The lowest BCUT2D eigenvalue weighted by Gasteiger charge is -2.12. The normalized spacial score (nSPS) is 16.4. The van der Waals surface area contributed by atoms with Gasteiger partial charge in [-0.1, -0.05) is 15.9 Å². The first-order valence-corrected chi connectivity index (χ1v) is 10.5. The number of amidine groups is 1. The number of rotatable bonds is 6. The number of thioether (sulfide) groups is 1. The van der Waals surface area contributed by atoms with Crippen LogP contribution < -0.4 is 9.47 Å². The SMILES string of the molecule is CCN1C(=O)/C(=C/c2cc(OC)c(OC)cc2Br)SC1=Nc1ccc(C(=O)O)cc1. The van der Waals surface area contributed by atoms with E-state index in [1.807, 2.05) is 6.92 Å². The minimum absolute atomic E-state index is 0.148. The summed E-state index contributed by atoms with van der Waals surface area (Å²) in [6, 6.07) is 9.77.